The van der Waals surface area contributed by atoms with Crippen molar-refractivity contribution in [2.45, 2.75) is 12.8 Å². The second-order valence-electron chi connectivity index (χ2n) is 2.01. The molecule has 1 N–H and O–H groups in total. The molecule has 0 aliphatic heterocycles. The van der Waals surface area contributed by atoms with E-state index in [1.165, 1.54) is 0 Å². The van der Waals surface area contributed by atoms with Gasteiger partial charge in [0, 0.05) is 0 Å². The molecule has 2 rings (SSSR count). The minimum atomic E-state index is 0. The summed E-state index contributed by atoms with van der Waals surface area (Å²) >= 11 is 0. The molecule has 0 aromatic carbocycles. The predicted octanol–water partition coefficient (Wildman–Crippen LogP) is 2.43. The molecule has 0 amide bonds. The standard InChI is InChI=1S/2C5H5.Co.H2O/c2*1-2-4-5-3-1;;/h2*1-3H,4H2;;1H2/q2*-1;+3;/p-1. The topological polar surface area (TPSA) is 30.0 Å². The summed E-state index contributed by atoms with van der Waals surface area (Å²) in [6.45, 7) is 0. The fourth-order valence-corrected chi connectivity index (χ4v) is 0.680. The molecular weight excluding hydrogens is 195 g/mol. The van der Waals surface area contributed by atoms with Crippen molar-refractivity contribution in [2.75, 3.05) is 0 Å². The SMILES string of the molecule is [C-]1=CC=CC1.[C-]1=CC=CC1.[Co+3].[OH-]. The molecule has 66 valence electrons. The van der Waals surface area contributed by atoms with E-state index in [1.54, 1.807) is 0 Å². The number of hydrogen-bond acceptors (Lipinski definition) is 1. The van der Waals surface area contributed by atoms with Crippen LogP contribution in [0.25, 0.3) is 0 Å². The molecule has 0 atom stereocenters. The second kappa shape index (κ2) is 10.4. The van der Waals surface area contributed by atoms with Crippen LogP contribution < -0.4 is 0 Å². The average Bonchev–Trinajstić information content (AvgIpc) is 2.67. The summed E-state index contributed by atoms with van der Waals surface area (Å²) in [4.78, 5) is 0. The van der Waals surface area contributed by atoms with E-state index in [2.05, 4.69) is 24.3 Å². The third kappa shape index (κ3) is 7.53. The van der Waals surface area contributed by atoms with Gasteiger partial charge >= 0.3 is 16.8 Å². The predicted molar refractivity (Wildman–Crippen MR) is 45.1 cm³/mol. The first-order valence-corrected chi connectivity index (χ1v) is 3.43. The van der Waals surface area contributed by atoms with Gasteiger partial charge in [-0.1, -0.05) is 0 Å². The van der Waals surface area contributed by atoms with Gasteiger partial charge in [-0.15, -0.1) is 12.8 Å². The second-order valence-corrected chi connectivity index (χ2v) is 2.01. The van der Waals surface area contributed by atoms with Crippen molar-refractivity contribution >= 4 is 0 Å². The van der Waals surface area contributed by atoms with Crippen LogP contribution in [0.2, 0.25) is 0 Å². The fraction of sp³-hybridized carbons (Fsp3) is 0.200. The zero-order chi connectivity index (χ0) is 7.07. The Morgan fingerprint density at radius 2 is 1.25 bits per heavy atom. The maximum Gasteiger partial charge on any atom is 3.00 e. The summed E-state index contributed by atoms with van der Waals surface area (Å²) in [6, 6.07) is 0. The maximum atomic E-state index is 2.99. The van der Waals surface area contributed by atoms with Crippen molar-refractivity contribution in [3.05, 3.63) is 48.6 Å². The van der Waals surface area contributed by atoms with E-state index in [1.807, 2.05) is 24.3 Å². The van der Waals surface area contributed by atoms with Crippen LogP contribution in [-0.2, 0) is 16.8 Å². The summed E-state index contributed by atoms with van der Waals surface area (Å²) in [5, 5.41) is 0. The van der Waals surface area contributed by atoms with E-state index in [4.69, 9.17) is 0 Å². The van der Waals surface area contributed by atoms with E-state index >= 15 is 0 Å². The molecule has 0 heterocycles. The number of hydrogen-bond donors (Lipinski definition) is 0. The largest absolute Gasteiger partial charge is 3.00 e. The summed E-state index contributed by atoms with van der Waals surface area (Å²) in [6.07, 6.45) is 20.0. The van der Waals surface area contributed by atoms with Crippen LogP contribution in [0.1, 0.15) is 12.8 Å². The molecule has 0 fully saturated rings. The molecule has 0 aromatic rings. The molecule has 0 saturated carbocycles. The Kier molecular flexibility index (Phi) is 12.1. The maximum absolute atomic E-state index is 2.99. The van der Waals surface area contributed by atoms with E-state index in [-0.39, 0.29) is 22.3 Å². The number of rotatable bonds is 0. The van der Waals surface area contributed by atoms with Gasteiger partial charge in [0.15, 0.2) is 0 Å². The molecule has 1 nitrogen and oxygen atoms in total. The van der Waals surface area contributed by atoms with E-state index in [0.29, 0.717) is 0 Å². The summed E-state index contributed by atoms with van der Waals surface area (Å²) in [7, 11) is 0. The van der Waals surface area contributed by atoms with Gasteiger partial charge in [0.1, 0.15) is 0 Å². The van der Waals surface area contributed by atoms with Crippen molar-refractivity contribution in [3.8, 4) is 0 Å². The monoisotopic (exact) mass is 206 g/mol. The smallest absolute Gasteiger partial charge is 0.870 e. The Morgan fingerprint density at radius 1 is 0.833 bits per heavy atom. The Labute approximate surface area is 84.1 Å². The molecule has 0 spiro atoms. The van der Waals surface area contributed by atoms with Gasteiger partial charge in [-0.05, 0) is 0 Å². The molecular formula is C10H11CoO. The Bertz CT molecular complexity index is 148. The molecule has 0 bridgehead atoms. The summed E-state index contributed by atoms with van der Waals surface area (Å²) < 4.78 is 0. The molecule has 0 radical (unpaired) electrons. The average molecular weight is 206 g/mol. The first-order valence-electron chi connectivity index (χ1n) is 3.43. The van der Waals surface area contributed by atoms with Gasteiger partial charge in [0.05, 0.1) is 0 Å². The summed E-state index contributed by atoms with van der Waals surface area (Å²) in [5.74, 6) is 0. The van der Waals surface area contributed by atoms with E-state index in [0.717, 1.165) is 12.8 Å². The zero-order valence-corrected chi connectivity index (χ0v) is 7.70. The molecule has 2 heteroatoms. The van der Waals surface area contributed by atoms with Crippen LogP contribution >= 0.6 is 0 Å². The van der Waals surface area contributed by atoms with Gasteiger partial charge in [-0.3, -0.25) is 12.2 Å². The van der Waals surface area contributed by atoms with Gasteiger partial charge in [0.25, 0.3) is 0 Å². The zero-order valence-electron chi connectivity index (χ0n) is 6.66. The third-order valence-electron chi connectivity index (χ3n) is 1.17. The van der Waals surface area contributed by atoms with Crippen molar-refractivity contribution in [2.24, 2.45) is 0 Å². The van der Waals surface area contributed by atoms with Gasteiger partial charge in [-0.25, -0.2) is 24.3 Å². The van der Waals surface area contributed by atoms with Crippen molar-refractivity contribution in [1.82, 2.24) is 0 Å². The molecule has 0 saturated heterocycles. The van der Waals surface area contributed by atoms with E-state index < -0.39 is 0 Å². The van der Waals surface area contributed by atoms with Gasteiger partial charge in [0.2, 0.25) is 0 Å². The molecule has 0 aromatic heterocycles. The van der Waals surface area contributed by atoms with Crippen LogP contribution in [0.4, 0.5) is 0 Å². The Morgan fingerprint density at radius 3 is 1.33 bits per heavy atom. The molecule has 12 heavy (non-hydrogen) atoms. The van der Waals surface area contributed by atoms with E-state index in [9.17, 15) is 0 Å². The Hall–Kier alpha value is -0.574. The van der Waals surface area contributed by atoms with Crippen molar-refractivity contribution < 1.29 is 22.3 Å². The first-order chi connectivity index (χ1) is 5.00. The van der Waals surface area contributed by atoms with Gasteiger partial charge in [-0.2, -0.15) is 12.2 Å². The minimum absolute atomic E-state index is 0. The fourth-order valence-electron chi connectivity index (χ4n) is 0.680. The third-order valence-corrected chi connectivity index (χ3v) is 1.17. The summed E-state index contributed by atoms with van der Waals surface area (Å²) in [5.41, 5.74) is 0. The first kappa shape index (κ1) is 14.0. The Balaban J connectivity index is 0. The minimum Gasteiger partial charge on any atom is -0.870 e. The molecule has 2 aliphatic carbocycles. The van der Waals surface area contributed by atoms with Gasteiger partial charge < -0.3 is 5.48 Å². The van der Waals surface area contributed by atoms with Crippen LogP contribution in [-0.4, -0.2) is 5.48 Å². The molecule has 0 unspecified atom stereocenters. The molecule has 2 aliphatic rings. The normalized spacial score (nSPS) is 14.7. The van der Waals surface area contributed by atoms with Crippen LogP contribution in [0.15, 0.2) is 36.5 Å². The van der Waals surface area contributed by atoms with Crippen LogP contribution in [0, 0.1) is 12.2 Å². The van der Waals surface area contributed by atoms with Crippen LogP contribution in [0.5, 0.6) is 0 Å². The quantitative estimate of drug-likeness (QED) is 0.560. The van der Waals surface area contributed by atoms with Crippen LogP contribution in [0.3, 0.4) is 0 Å². The van der Waals surface area contributed by atoms with Crippen molar-refractivity contribution in [1.29, 1.82) is 0 Å². The number of allylic oxidation sites excluding steroid dienone is 8. The van der Waals surface area contributed by atoms with Crippen molar-refractivity contribution in [3.63, 3.8) is 0 Å².